The van der Waals surface area contributed by atoms with Crippen molar-refractivity contribution in [3.63, 3.8) is 0 Å². The second-order valence-corrected chi connectivity index (χ2v) is 9.42. The summed E-state index contributed by atoms with van der Waals surface area (Å²) in [5.41, 5.74) is 6.73. The first kappa shape index (κ1) is 18.2. The molecule has 10 nitrogen and oxygen atoms in total. The highest BCUT2D eigenvalue weighted by atomic mass is 32.5. The first-order valence-electron chi connectivity index (χ1n) is 8.21. The first-order valence-corrected chi connectivity index (χ1v) is 10.8. The highest BCUT2D eigenvalue weighted by molar-refractivity contribution is 8.07. The lowest BCUT2D eigenvalue weighted by molar-refractivity contribution is -0.0956. The molecule has 12 heteroatoms. The Balaban J connectivity index is 1.66. The summed E-state index contributed by atoms with van der Waals surface area (Å²) in [6.07, 6.45) is -0.655. The topological polar surface area (TPSA) is 127 Å². The number of imidazole rings is 1. The van der Waals surface area contributed by atoms with Gasteiger partial charge in [0.15, 0.2) is 17.7 Å². The first-order chi connectivity index (χ1) is 12.3. The van der Waals surface area contributed by atoms with Crippen LogP contribution in [0.3, 0.4) is 0 Å². The quantitative estimate of drug-likeness (QED) is 0.722. The van der Waals surface area contributed by atoms with Crippen LogP contribution in [-0.4, -0.2) is 55.1 Å². The van der Waals surface area contributed by atoms with Gasteiger partial charge in [0.25, 0.3) is 0 Å². The van der Waals surface area contributed by atoms with Crippen LogP contribution in [0.4, 0.5) is 5.82 Å². The van der Waals surface area contributed by atoms with E-state index < -0.39 is 37.4 Å². The van der Waals surface area contributed by atoms with E-state index in [1.807, 2.05) is 20.8 Å². The number of rotatable bonds is 3. The summed E-state index contributed by atoms with van der Waals surface area (Å²) in [7, 11) is 0. The van der Waals surface area contributed by atoms with Crippen LogP contribution in [0.5, 0.6) is 0 Å². The molecule has 2 saturated heterocycles. The molecule has 2 aromatic heterocycles. The summed E-state index contributed by atoms with van der Waals surface area (Å²) < 4.78 is 25.0. The van der Waals surface area contributed by atoms with E-state index in [1.165, 1.54) is 12.7 Å². The van der Waals surface area contributed by atoms with Crippen molar-refractivity contribution < 1.29 is 23.4 Å². The number of nitrogens with two attached hydrogens (primary N) is 1. The van der Waals surface area contributed by atoms with E-state index in [0.717, 1.165) is 0 Å². The van der Waals surface area contributed by atoms with Crippen molar-refractivity contribution in [3.05, 3.63) is 12.7 Å². The number of anilines is 1. The second kappa shape index (κ2) is 6.45. The molecular formula is C14H20N5O5PS. The zero-order valence-corrected chi connectivity index (χ0v) is 16.1. The molecule has 0 saturated carbocycles. The number of nitrogens with zero attached hydrogens (tertiary/aromatic N) is 4. The summed E-state index contributed by atoms with van der Waals surface area (Å²) in [6, 6.07) is 0. The number of fused-ring (bicyclic) bond motifs is 2. The van der Waals surface area contributed by atoms with Crippen LogP contribution >= 0.6 is 6.72 Å². The number of aliphatic hydroxyl groups excluding tert-OH is 1. The van der Waals surface area contributed by atoms with Crippen LogP contribution in [0.15, 0.2) is 12.7 Å². The molecule has 2 aromatic rings. The van der Waals surface area contributed by atoms with Crippen molar-refractivity contribution in [2.45, 2.75) is 57.5 Å². The Morgan fingerprint density at radius 2 is 2.08 bits per heavy atom. The molecule has 4 rings (SSSR count). The van der Waals surface area contributed by atoms with E-state index in [4.69, 9.17) is 35.8 Å². The molecule has 2 unspecified atom stereocenters. The van der Waals surface area contributed by atoms with Gasteiger partial charge in [0.2, 0.25) is 0 Å². The normalized spacial score (nSPS) is 37.3. The zero-order valence-electron chi connectivity index (χ0n) is 14.4. The lowest BCUT2D eigenvalue weighted by Crippen LogP contribution is -2.44. The smallest absolute Gasteiger partial charge is 0.328 e. The fourth-order valence-electron chi connectivity index (χ4n) is 3.21. The van der Waals surface area contributed by atoms with Crippen molar-refractivity contribution in [1.29, 1.82) is 0 Å². The zero-order chi connectivity index (χ0) is 18.6. The molecular weight excluding hydrogens is 381 g/mol. The number of hydrogen-bond acceptors (Lipinski definition) is 10. The van der Waals surface area contributed by atoms with Gasteiger partial charge in [-0.15, -0.1) is 0 Å². The third kappa shape index (κ3) is 2.93. The van der Waals surface area contributed by atoms with Crippen LogP contribution in [-0.2, 0) is 30.1 Å². The van der Waals surface area contributed by atoms with Crippen molar-refractivity contribution >= 4 is 35.5 Å². The van der Waals surface area contributed by atoms with E-state index >= 15 is 0 Å². The van der Waals surface area contributed by atoms with Gasteiger partial charge in [-0.05, 0) is 32.6 Å². The van der Waals surface area contributed by atoms with Crippen LogP contribution in [0.1, 0.15) is 27.0 Å². The Morgan fingerprint density at radius 3 is 2.81 bits per heavy atom. The predicted molar refractivity (Wildman–Crippen MR) is 95.6 cm³/mol. The molecule has 0 radical (unpaired) electrons. The van der Waals surface area contributed by atoms with E-state index in [0.29, 0.717) is 11.2 Å². The number of hydrogen-bond donors (Lipinski definition) is 2. The fraction of sp³-hybridized carbons (Fsp3) is 0.643. The largest absolute Gasteiger partial charge is 0.386 e. The second-order valence-electron chi connectivity index (χ2n) is 6.55. The molecule has 3 N–H and O–H groups in total. The minimum absolute atomic E-state index is 0.155. The lowest BCUT2D eigenvalue weighted by Gasteiger charge is -2.38. The minimum Gasteiger partial charge on any atom is -0.386 e. The van der Waals surface area contributed by atoms with Crippen molar-refractivity contribution in [2.24, 2.45) is 0 Å². The van der Waals surface area contributed by atoms with Crippen LogP contribution in [0, 0.1) is 0 Å². The fourth-order valence-corrected chi connectivity index (χ4v) is 6.16. The van der Waals surface area contributed by atoms with E-state index in [9.17, 15) is 5.11 Å². The maximum absolute atomic E-state index is 10.9. The molecule has 0 amide bonds. The lowest BCUT2D eigenvalue weighted by atomic mass is 10.1. The molecule has 0 bridgehead atoms. The number of nitrogen functional groups attached to an aromatic ring is 1. The summed E-state index contributed by atoms with van der Waals surface area (Å²) in [5.74, 6) is 0.257. The SMILES string of the molecule is CC(C)OP1(=S)O[C@@H](C)C2O[C@@H](n3cnc4c(N)ncnc43)[C@H](O)[C@@H]2O1. The Labute approximate surface area is 154 Å². The van der Waals surface area contributed by atoms with Gasteiger partial charge in [-0.2, -0.15) is 0 Å². The van der Waals surface area contributed by atoms with Gasteiger partial charge in [0.1, 0.15) is 30.2 Å². The molecule has 4 heterocycles. The Bertz CT molecular complexity index is 879. The van der Waals surface area contributed by atoms with Crippen molar-refractivity contribution in [1.82, 2.24) is 19.5 Å². The maximum atomic E-state index is 10.9. The Hall–Kier alpha value is -1.20. The van der Waals surface area contributed by atoms with E-state index in [1.54, 1.807) is 4.57 Å². The van der Waals surface area contributed by atoms with Crippen LogP contribution < -0.4 is 5.73 Å². The van der Waals surface area contributed by atoms with Crippen LogP contribution in [0.2, 0.25) is 0 Å². The number of ether oxygens (including phenoxy) is 1. The summed E-state index contributed by atoms with van der Waals surface area (Å²) in [4.78, 5) is 12.3. The van der Waals surface area contributed by atoms with E-state index in [-0.39, 0.29) is 11.9 Å². The molecule has 0 spiro atoms. The monoisotopic (exact) mass is 401 g/mol. The van der Waals surface area contributed by atoms with Gasteiger partial charge in [0, 0.05) is 0 Å². The van der Waals surface area contributed by atoms with Gasteiger partial charge in [-0.3, -0.25) is 9.09 Å². The van der Waals surface area contributed by atoms with Gasteiger partial charge < -0.3 is 24.6 Å². The molecule has 2 aliphatic heterocycles. The summed E-state index contributed by atoms with van der Waals surface area (Å²) >= 11 is 5.44. The molecule has 26 heavy (non-hydrogen) atoms. The van der Waals surface area contributed by atoms with Gasteiger partial charge in [-0.1, -0.05) is 0 Å². The van der Waals surface area contributed by atoms with Crippen LogP contribution in [0.25, 0.3) is 11.2 Å². The minimum atomic E-state index is -2.97. The maximum Gasteiger partial charge on any atom is 0.328 e. The van der Waals surface area contributed by atoms with Gasteiger partial charge in [0.05, 0.1) is 18.5 Å². The molecule has 6 atom stereocenters. The highest BCUT2D eigenvalue weighted by Crippen LogP contribution is 2.59. The Kier molecular flexibility index (Phi) is 4.51. The van der Waals surface area contributed by atoms with Crippen molar-refractivity contribution in [2.75, 3.05) is 5.73 Å². The highest BCUT2D eigenvalue weighted by Gasteiger charge is 2.55. The van der Waals surface area contributed by atoms with E-state index in [2.05, 4.69) is 15.0 Å². The predicted octanol–water partition coefficient (Wildman–Crippen LogP) is 1.12. The molecule has 2 aliphatic rings. The third-order valence-electron chi connectivity index (χ3n) is 4.26. The number of aromatic nitrogens is 4. The number of aliphatic hydroxyl groups is 1. The van der Waals surface area contributed by atoms with Crippen molar-refractivity contribution in [3.8, 4) is 0 Å². The van der Waals surface area contributed by atoms with Gasteiger partial charge in [-0.25, -0.2) is 15.0 Å². The average Bonchev–Trinajstić information content (AvgIpc) is 3.09. The standard InChI is InChI=1S/C14H20N5O5PS/c1-6(2)22-25(26)23-7(3)10-11(24-25)9(20)14(21-10)19-5-18-8-12(15)16-4-17-13(8)19/h4-7,9-11,14,20H,1-3H3,(H2,15,16,17)/t7-,9+,10?,11-,14+,25?/m0/s1. The Morgan fingerprint density at radius 1 is 1.31 bits per heavy atom. The molecule has 0 aliphatic carbocycles. The molecule has 2 fully saturated rings. The summed E-state index contributed by atoms with van der Waals surface area (Å²) in [5, 5.41) is 10.9. The molecule has 0 aromatic carbocycles. The third-order valence-corrected chi connectivity index (χ3v) is 6.81. The molecule has 142 valence electrons. The summed E-state index contributed by atoms with van der Waals surface area (Å²) in [6.45, 7) is 2.56. The van der Waals surface area contributed by atoms with Gasteiger partial charge >= 0.3 is 6.72 Å². The average molecular weight is 401 g/mol.